The molecule has 1 saturated heterocycles. The van der Waals surface area contributed by atoms with Crippen LogP contribution in [0.3, 0.4) is 0 Å². The molecule has 2 amide bonds. The molecule has 5 nitrogen and oxygen atoms in total. The molecule has 1 aromatic carbocycles. The smallest absolute Gasteiger partial charge is 0.321 e. The van der Waals surface area contributed by atoms with E-state index in [-0.39, 0.29) is 11.8 Å². The van der Waals surface area contributed by atoms with Crippen molar-refractivity contribution in [3.63, 3.8) is 0 Å². The zero-order valence-corrected chi connectivity index (χ0v) is 12.2. The third-order valence-corrected chi connectivity index (χ3v) is 3.68. The van der Waals surface area contributed by atoms with Crippen LogP contribution in [0, 0.1) is 5.82 Å². The predicted octanol–water partition coefficient (Wildman–Crippen LogP) is 1.71. The Morgan fingerprint density at radius 1 is 1.14 bits per heavy atom. The highest BCUT2D eigenvalue weighted by molar-refractivity contribution is 5.89. The minimum atomic E-state index is -0.306. The van der Waals surface area contributed by atoms with Crippen molar-refractivity contribution in [2.24, 2.45) is 5.73 Å². The SMILES string of the molecule is NCCCCN1CCN(C(=O)Nc2ccc(F)cc2)CC1. The lowest BCUT2D eigenvalue weighted by molar-refractivity contribution is 0.146. The Kier molecular flexibility index (Phi) is 5.95. The highest BCUT2D eigenvalue weighted by atomic mass is 19.1. The molecule has 2 rings (SSSR count). The van der Waals surface area contributed by atoms with Gasteiger partial charge in [-0.1, -0.05) is 0 Å². The fourth-order valence-corrected chi connectivity index (χ4v) is 2.39. The third-order valence-electron chi connectivity index (χ3n) is 3.68. The van der Waals surface area contributed by atoms with Gasteiger partial charge in [0.25, 0.3) is 0 Å². The monoisotopic (exact) mass is 294 g/mol. The lowest BCUT2D eigenvalue weighted by Crippen LogP contribution is -2.50. The van der Waals surface area contributed by atoms with E-state index in [0.29, 0.717) is 5.69 Å². The van der Waals surface area contributed by atoms with Crippen LogP contribution in [-0.2, 0) is 0 Å². The van der Waals surface area contributed by atoms with E-state index in [9.17, 15) is 9.18 Å². The average Bonchev–Trinajstić information content (AvgIpc) is 2.50. The number of hydrogen-bond donors (Lipinski definition) is 2. The highest BCUT2D eigenvalue weighted by Gasteiger charge is 2.20. The summed E-state index contributed by atoms with van der Waals surface area (Å²) < 4.78 is 12.8. The molecule has 1 heterocycles. The van der Waals surface area contributed by atoms with Crippen molar-refractivity contribution in [1.29, 1.82) is 0 Å². The number of benzene rings is 1. The number of nitrogens with two attached hydrogens (primary N) is 1. The number of carbonyl (C=O) groups excluding carboxylic acids is 1. The van der Waals surface area contributed by atoms with E-state index in [4.69, 9.17) is 5.73 Å². The number of halogens is 1. The number of unbranched alkanes of at least 4 members (excludes halogenated alkanes) is 1. The van der Waals surface area contributed by atoms with Crippen molar-refractivity contribution >= 4 is 11.7 Å². The molecule has 0 saturated carbocycles. The van der Waals surface area contributed by atoms with Gasteiger partial charge in [0, 0.05) is 31.9 Å². The Hall–Kier alpha value is -1.66. The average molecular weight is 294 g/mol. The van der Waals surface area contributed by atoms with Gasteiger partial charge in [-0.05, 0) is 50.2 Å². The second kappa shape index (κ2) is 7.95. The third kappa shape index (κ3) is 4.99. The lowest BCUT2D eigenvalue weighted by atomic mass is 10.2. The maximum absolute atomic E-state index is 12.8. The van der Waals surface area contributed by atoms with Crippen molar-refractivity contribution in [3.05, 3.63) is 30.1 Å². The standard InChI is InChI=1S/C15H23FN4O/c16-13-3-5-14(6-4-13)18-15(21)20-11-9-19(10-12-20)8-2-1-7-17/h3-6H,1-2,7-12,17H2,(H,18,21). The van der Waals surface area contributed by atoms with Gasteiger partial charge >= 0.3 is 6.03 Å². The fraction of sp³-hybridized carbons (Fsp3) is 0.533. The van der Waals surface area contributed by atoms with Crippen LogP contribution in [0.1, 0.15) is 12.8 Å². The Labute approximate surface area is 124 Å². The second-order valence-electron chi connectivity index (χ2n) is 5.26. The molecule has 0 unspecified atom stereocenters. The summed E-state index contributed by atoms with van der Waals surface area (Å²) in [6, 6.07) is 5.69. The number of anilines is 1. The van der Waals surface area contributed by atoms with Gasteiger partial charge in [-0.25, -0.2) is 9.18 Å². The maximum atomic E-state index is 12.8. The molecular weight excluding hydrogens is 271 g/mol. The van der Waals surface area contributed by atoms with Gasteiger partial charge in [-0.2, -0.15) is 0 Å². The van der Waals surface area contributed by atoms with Gasteiger partial charge < -0.3 is 16.0 Å². The highest BCUT2D eigenvalue weighted by Crippen LogP contribution is 2.11. The number of nitrogens with one attached hydrogen (secondary N) is 1. The minimum absolute atomic E-state index is 0.122. The zero-order valence-electron chi connectivity index (χ0n) is 12.2. The number of piperazine rings is 1. The molecule has 0 spiro atoms. The summed E-state index contributed by atoms with van der Waals surface area (Å²) in [4.78, 5) is 16.3. The summed E-state index contributed by atoms with van der Waals surface area (Å²) >= 11 is 0. The molecule has 0 atom stereocenters. The number of hydrogen-bond acceptors (Lipinski definition) is 3. The van der Waals surface area contributed by atoms with Crippen LogP contribution in [0.15, 0.2) is 24.3 Å². The van der Waals surface area contributed by atoms with Crippen LogP contribution >= 0.6 is 0 Å². The number of rotatable bonds is 5. The van der Waals surface area contributed by atoms with E-state index in [1.54, 1.807) is 17.0 Å². The first-order chi connectivity index (χ1) is 10.2. The largest absolute Gasteiger partial charge is 0.330 e. The Morgan fingerprint density at radius 2 is 1.81 bits per heavy atom. The summed E-state index contributed by atoms with van der Waals surface area (Å²) in [5, 5.41) is 2.79. The second-order valence-corrected chi connectivity index (χ2v) is 5.26. The first kappa shape index (κ1) is 15.7. The van der Waals surface area contributed by atoms with Crippen LogP contribution in [-0.4, -0.2) is 55.1 Å². The van der Waals surface area contributed by atoms with Gasteiger partial charge in [0.1, 0.15) is 5.82 Å². The Bertz CT molecular complexity index is 443. The number of amides is 2. The molecule has 3 N–H and O–H groups in total. The van der Waals surface area contributed by atoms with Gasteiger partial charge in [0.15, 0.2) is 0 Å². The van der Waals surface area contributed by atoms with Gasteiger partial charge in [-0.15, -0.1) is 0 Å². The van der Waals surface area contributed by atoms with Crippen LogP contribution in [0.4, 0.5) is 14.9 Å². The minimum Gasteiger partial charge on any atom is -0.330 e. The lowest BCUT2D eigenvalue weighted by Gasteiger charge is -2.34. The van der Waals surface area contributed by atoms with E-state index in [2.05, 4.69) is 10.2 Å². The van der Waals surface area contributed by atoms with Crippen LogP contribution in [0.2, 0.25) is 0 Å². The molecule has 1 fully saturated rings. The van der Waals surface area contributed by atoms with Crippen LogP contribution in [0.5, 0.6) is 0 Å². The van der Waals surface area contributed by atoms with E-state index in [1.807, 2.05) is 0 Å². The van der Waals surface area contributed by atoms with E-state index < -0.39 is 0 Å². The van der Waals surface area contributed by atoms with Gasteiger partial charge in [-0.3, -0.25) is 4.90 Å². The molecule has 116 valence electrons. The number of nitrogens with zero attached hydrogens (tertiary/aromatic N) is 2. The summed E-state index contributed by atoms with van der Waals surface area (Å²) in [5.74, 6) is -0.306. The summed E-state index contributed by atoms with van der Waals surface area (Å²) in [7, 11) is 0. The molecular formula is C15H23FN4O. The summed E-state index contributed by atoms with van der Waals surface area (Å²) in [5.41, 5.74) is 6.10. The van der Waals surface area contributed by atoms with Gasteiger partial charge in [0.05, 0.1) is 0 Å². The van der Waals surface area contributed by atoms with Gasteiger partial charge in [0.2, 0.25) is 0 Å². The van der Waals surface area contributed by atoms with Crippen molar-refractivity contribution in [1.82, 2.24) is 9.80 Å². The molecule has 6 heteroatoms. The van der Waals surface area contributed by atoms with Crippen molar-refractivity contribution < 1.29 is 9.18 Å². The van der Waals surface area contributed by atoms with Crippen molar-refractivity contribution in [2.45, 2.75) is 12.8 Å². The molecule has 1 aliphatic rings. The molecule has 1 aromatic rings. The Balaban J connectivity index is 1.74. The van der Waals surface area contributed by atoms with Crippen LogP contribution < -0.4 is 11.1 Å². The van der Waals surface area contributed by atoms with E-state index in [0.717, 1.165) is 52.1 Å². The molecule has 21 heavy (non-hydrogen) atoms. The Morgan fingerprint density at radius 3 is 2.43 bits per heavy atom. The van der Waals surface area contributed by atoms with Crippen molar-refractivity contribution in [3.8, 4) is 0 Å². The van der Waals surface area contributed by atoms with E-state index >= 15 is 0 Å². The normalized spacial score (nSPS) is 16.0. The zero-order chi connectivity index (χ0) is 15.1. The topological polar surface area (TPSA) is 61.6 Å². The fourth-order valence-electron chi connectivity index (χ4n) is 2.39. The molecule has 0 aliphatic carbocycles. The molecule has 1 aliphatic heterocycles. The van der Waals surface area contributed by atoms with Crippen molar-refractivity contribution in [2.75, 3.05) is 44.6 Å². The summed E-state index contributed by atoms with van der Waals surface area (Å²) in [6.45, 7) is 5.00. The first-order valence-electron chi connectivity index (χ1n) is 7.43. The maximum Gasteiger partial charge on any atom is 0.321 e. The molecule has 0 radical (unpaired) electrons. The number of urea groups is 1. The van der Waals surface area contributed by atoms with Crippen LogP contribution in [0.25, 0.3) is 0 Å². The number of carbonyl (C=O) groups is 1. The molecule has 0 bridgehead atoms. The molecule has 0 aromatic heterocycles. The first-order valence-corrected chi connectivity index (χ1v) is 7.43. The van der Waals surface area contributed by atoms with E-state index in [1.165, 1.54) is 12.1 Å². The predicted molar refractivity (Wildman–Crippen MR) is 81.7 cm³/mol. The quantitative estimate of drug-likeness (QED) is 0.813. The summed E-state index contributed by atoms with van der Waals surface area (Å²) in [6.07, 6.45) is 2.16.